The fourth-order valence-electron chi connectivity index (χ4n) is 6.44. The lowest BCUT2D eigenvalue weighted by molar-refractivity contribution is 0.808. The molecule has 0 saturated carbocycles. The lowest BCUT2D eigenvalue weighted by Crippen LogP contribution is -2.26. The lowest BCUT2D eigenvalue weighted by atomic mass is 9.85. The first-order valence-electron chi connectivity index (χ1n) is 16.0. The topological polar surface area (TPSA) is 26.0 Å². The van der Waals surface area contributed by atoms with Crippen molar-refractivity contribution < 1.29 is 0 Å². The van der Waals surface area contributed by atoms with Crippen LogP contribution >= 0.6 is 0 Å². The van der Waals surface area contributed by atoms with Gasteiger partial charge in [0.15, 0.2) is 0 Å². The van der Waals surface area contributed by atoms with Crippen LogP contribution in [0.5, 0.6) is 0 Å². The van der Waals surface area contributed by atoms with Crippen molar-refractivity contribution in [1.82, 2.24) is 0 Å². The van der Waals surface area contributed by atoms with E-state index < -0.39 is 0 Å². The average Bonchev–Trinajstić information content (AvgIpc) is 3.05. The van der Waals surface area contributed by atoms with Crippen molar-refractivity contribution in [3.8, 4) is 0 Å². The Hall–Kier alpha value is -4.88. The van der Waals surface area contributed by atoms with E-state index in [2.05, 4.69) is 138 Å². The summed E-state index contributed by atoms with van der Waals surface area (Å²) in [4.78, 5) is 0. The maximum Gasteiger partial charge on any atom is 0.0387 e. The van der Waals surface area contributed by atoms with Gasteiger partial charge in [-0.1, -0.05) is 121 Å². The molecule has 0 fully saturated rings. The molecule has 0 aliphatic heterocycles. The molecule has 1 nitrogen and oxygen atoms in total. The number of anilines is 1. The third-order valence-electron chi connectivity index (χ3n) is 9.19. The first-order valence-corrected chi connectivity index (χ1v) is 16.0. The van der Waals surface area contributed by atoms with Gasteiger partial charge >= 0.3 is 0 Å². The molecule has 2 N–H and O–H groups in total. The number of allylic oxidation sites excluding steroid dienone is 10. The molecule has 0 amide bonds. The van der Waals surface area contributed by atoms with Gasteiger partial charge in [-0.25, -0.2) is 0 Å². The van der Waals surface area contributed by atoms with Crippen molar-refractivity contribution >= 4 is 51.0 Å². The Kier molecular flexibility index (Phi) is 10.0. The quantitative estimate of drug-likeness (QED) is 0.0849. The SMILES string of the molecule is C=CCCC1=C(C)C(C)=C(/C=C\C(=C)c2ccc(N)c(/C=C\CC(=C)/C=c3\c(=C/C)c4ccccc4c4ccccc34)c2)CC1. The van der Waals surface area contributed by atoms with E-state index in [1.165, 1.54) is 48.7 Å². The number of nitrogens with two attached hydrogens (primary N) is 1. The molecule has 1 heteroatoms. The summed E-state index contributed by atoms with van der Waals surface area (Å²) >= 11 is 0. The predicted octanol–water partition coefficient (Wildman–Crippen LogP) is 10.8. The number of hydrogen-bond donors (Lipinski definition) is 1. The van der Waals surface area contributed by atoms with E-state index in [1.54, 1.807) is 5.57 Å². The number of benzene rings is 4. The maximum atomic E-state index is 6.40. The molecule has 0 spiro atoms. The van der Waals surface area contributed by atoms with Crippen LogP contribution in [0, 0.1) is 0 Å². The third kappa shape index (κ3) is 6.94. The van der Waals surface area contributed by atoms with Gasteiger partial charge < -0.3 is 5.73 Å². The molecule has 0 aromatic heterocycles. The zero-order chi connectivity index (χ0) is 31.9. The molecular formula is C44H45N. The first kappa shape index (κ1) is 31.5. The summed E-state index contributed by atoms with van der Waals surface area (Å²) in [6.07, 6.45) is 20.2. The fourth-order valence-corrected chi connectivity index (χ4v) is 6.44. The van der Waals surface area contributed by atoms with Crippen LogP contribution in [0.4, 0.5) is 5.69 Å². The van der Waals surface area contributed by atoms with Gasteiger partial charge in [0.1, 0.15) is 0 Å². The standard InChI is InChI=1S/C44H45N/c1-7-9-16-34-24-25-35(33(6)32(34)5)23-22-31(4)36-26-27-44(45)37(29-36)17-14-15-30(3)28-43-38(8-2)39-18-10-11-19-40(39)41-20-12-13-21-42(41)43/h7-8,10-14,17-23,26-29H,1,3-4,9,15-16,24-25,45H2,2,5-6H3/b17-14-,23-22-,38-8-,43-28+. The van der Waals surface area contributed by atoms with Gasteiger partial charge in [0.2, 0.25) is 0 Å². The molecule has 0 unspecified atom stereocenters. The molecule has 5 rings (SSSR count). The second kappa shape index (κ2) is 14.3. The van der Waals surface area contributed by atoms with Gasteiger partial charge in [-0.15, -0.1) is 6.58 Å². The van der Waals surface area contributed by atoms with Crippen LogP contribution in [0.2, 0.25) is 0 Å². The van der Waals surface area contributed by atoms with Crippen LogP contribution in [-0.2, 0) is 0 Å². The van der Waals surface area contributed by atoms with E-state index >= 15 is 0 Å². The predicted molar refractivity (Wildman–Crippen MR) is 201 cm³/mol. The molecule has 0 heterocycles. The van der Waals surface area contributed by atoms with Gasteiger partial charge in [-0.3, -0.25) is 0 Å². The first-order chi connectivity index (χ1) is 21.8. The number of hydrogen-bond acceptors (Lipinski definition) is 1. The van der Waals surface area contributed by atoms with Crippen molar-refractivity contribution in [3.63, 3.8) is 0 Å². The van der Waals surface area contributed by atoms with Crippen LogP contribution in [0.15, 0.2) is 139 Å². The molecule has 45 heavy (non-hydrogen) atoms. The van der Waals surface area contributed by atoms with E-state index in [0.29, 0.717) is 0 Å². The van der Waals surface area contributed by atoms with Crippen LogP contribution in [0.25, 0.3) is 45.3 Å². The molecule has 4 aromatic rings. The van der Waals surface area contributed by atoms with Crippen molar-refractivity contribution in [2.45, 2.75) is 52.9 Å². The minimum Gasteiger partial charge on any atom is -0.398 e. The van der Waals surface area contributed by atoms with E-state index in [-0.39, 0.29) is 0 Å². The Morgan fingerprint density at radius 2 is 1.49 bits per heavy atom. The zero-order valence-corrected chi connectivity index (χ0v) is 27.1. The Labute approximate surface area is 269 Å². The van der Waals surface area contributed by atoms with E-state index in [4.69, 9.17) is 5.73 Å². The summed E-state index contributed by atoms with van der Waals surface area (Å²) in [5.74, 6) is 0. The monoisotopic (exact) mass is 587 g/mol. The second-order valence-electron chi connectivity index (χ2n) is 12.0. The van der Waals surface area contributed by atoms with Crippen molar-refractivity contribution in [1.29, 1.82) is 0 Å². The zero-order valence-electron chi connectivity index (χ0n) is 27.1. The molecular weight excluding hydrogens is 542 g/mol. The van der Waals surface area contributed by atoms with Crippen molar-refractivity contribution in [2.75, 3.05) is 5.73 Å². The molecule has 0 atom stereocenters. The number of rotatable bonds is 10. The van der Waals surface area contributed by atoms with Crippen LogP contribution < -0.4 is 16.2 Å². The maximum absolute atomic E-state index is 6.40. The third-order valence-corrected chi connectivity index (χ3v) is 9.19. The van der Waals surface area contributed by atoms with E-state index in [0.717, 1.165) is 60.1 Å². The number of fused-ring (bicyclic) bond motifs is 3. The minimum atomic E-state index is 0.726. The van der Waals surface area contributed by atoms with Crippen LogP contribution in [0.1, 0.15) is 64.0 Å². The summed E-state index contributed by atoms with van der Waals surface area (Å²) in [7, 11) is 0. The minimum absolute atomic E-state index is 0.726. The molecule has 4 aromatic carbocycles. The van der Waals surface area contributed by atoms with Crippen LogP contribution in [-0.4, -0.2) is 0 Å². The summed E-state index contributed by atoms with van der Waals surface area (Å²) in [6, 6.07) is 23.5. The highest BCUT2D eigenvalue weighted by molar-refractivity contribution is 6.08. The Balaban J connectivity index is 1.35. The Morgan fingerprint density at radius 3 is 2.16 bits per heavy atom. The molecule has 1 aliphatic carbocycles. The van der Waals surface area contributed by atoms with Gasteiger partial charge in [-0.2, -0.15) is 0 Å². The normalized spacial score (nSPS) is 14.9. The van der Waals surface area contributed by atoms with Gasteiger partial charge in [0, 0.05) is 5.69 Å². The second-order valence-corrected chi connectivity index (χ2v) is 12.0. The summed E-state index contributed by atoms with van der Waals surface area (Å²) in [5, 5.41) is 7.52. The summed E-state index contributed by atoms with van der Waals surface area (Å²) < 4.78 is 0. The summed E-state index contributed by atoms with van der Waals surface area (Å²) in [6.45, 7) is 19.3. The highest BCUT2D eigenvalue weighted by atomic mass is 14.6. The smallest absolute Gasteiger partial charge is 0.0387 e. The highest BCUT2D eigenvalue weighted by Gasteiger charge is 2.14. The van der Waals surface area contributed by atoms with Crippen molar-refractivity contribution in [3.05, 3.63) is 160 Å². The largest absolute Gasteiger partial charge is 0.398 e. The lowest BCUT2D eigenvalue weighted by Gasteiger charge is -2.21. The van der Waals surface area contributed by atoms with Gasteiger partial charge in [0.05, 0.1) is 0 Å². The van der Waals surface area contributed by atoms with Gasteiger partial charge in [0.25, 0.3) is 0 Å². The molecule has 0 radical (unpaired) electrons. The summed E-state index contributed by atoms with van der Waals surface area (Å²) in [5.41, 5.74) is 17.0. The molecule has 1 aliphatic rings. The molecule has 0 saturated heterocycles. The number of nitrogen functional groups attached to an aromatic ring is 1. The van der Waals surface area contributed by atoms with Gasteiger partial charge in [-0.05, 0) is 130 Å². The average molecular weight is 588 g/mol. The van der Waals surface area contributed by atoms with E-state index in [9.17, 15) is 0 Å². The Morgan fingerprint density at radius 1 is 0.822 bits per heavy atom. The van der Waals surface area contributed by atoms with E-state index in [1.807, 2.05) is 12.1 Å². The highest BCUT2D eigenvalue weighted by Crippen LogP contribution is 2.33. The Bertz CT molecular complexity index is 2060. The molecule has 0 bridgehead atoms. The van der Waals surface area contributed by atoms with Crippen LogP contribution in [0.3, 0.4) is 0 Å². The molecule has 226 valence electrons. The van der Waals surface area contributed by atoms with Crippen molar-refractivity contribution in [2.24, 2.45) is 0 Å². The fraction of sp³-hybridized carbons (Fsp3) is 0.182.